The van der Waals surface area contributed by atoms with Crippen molar-refractivity contribution in [1.82, 2.24) is 4.90 Å². The van der Waals surface area contributed by atoms with Crippen LogP contribution in [0.4, 0.5) is 5.69 Å². The van der Waals surface area contributed by atoms with Crippen molar-refractivity contribution in [3.05, 3.63) is 29.3 Å². The van der Waals surface area contributed by atoms with E-state index in [9.17, 15) is 9.90 Å². The number of hydrogen-bond acceptors (Lipinski definition) is 3. The van der Waals surface area contributed by atoms with Gasteiger partial charge in [0.2, 0.25) is 0 Å². The topological polar surface area (TPSA) is 66.6 Å². The van der Waals surface area contributed by atoms with Gasteiger partial charge in [0.25, 0.3) is 0 Å². The monoisotopic (exact) mass is 262 g/mol. The van der Waals surface area contributed by atoms with Gasteiger partial charge >= 0.3 is 5.97 Å². The van der Waals surface area contributed by atoms with Crippen LogP contribution in [0.25, 0.3) is 0 Å². The number of benzene rings is 1. The lowest BCUT2D eigenvalue weighted by Crippen LogP contribution is -2.38. The number of aromatic carboxylic acids is 1. The highest BCUT2D eigenvalue weighted by Crippen LogP contribution is 2.25. The van der Waals surface area contributed by atoms with E-state index < -0.39 is 5.97 Å². The molecular weight excluding hydrogens is 240 g/mol. The number of carbonyl (C=O) groups is 1. The second-order valence-corrected chi connectivity index (χ2v) is 5.83. The number of piperidine rings is 1. The third-order valence-electron chi connectivity index (χ3n) is 3.74. The van der Waals surface area contributed by atoms with Crippen LogP contribution in [0.2, 0.25) is 0 Å². The molecular formula is C15H22N2O2. The largest absolute Gasteiger partial charge is 0.478 e. The second kappa shape index (κ2) is 5.61. The Kier molecular flexibility index (Phi) is 4.10. The first-order chi connectivity index (χ1) is 8.97. The maximum Gasteiger partial charge on any atom is 0.338 e. The lowest BCUT2D eigenvalue weighted by atomic mass is 9.91. The molecule has 2 atom stereocenters. The number of anilines is 1. The molecule has 0 bridgehead atoms. The van der Waals surface area contributed by atoms with Gasteiger partial charge in [0.1, 0.15) is 0 Å². The molecule has 0 aromatic heterocycles. The Bertz CT molecular complexity index is 463. The predicted octanol–water partition coefficient (Wildman–Crippen LogP) is 2.44. The van der Waals surface area contributed by atoms with Crippen LogP contribution >= 0.6 is 0 Å². The molecule has 1 aromatic carbocycles. The third kappa shape index (κ3) is 3.26. The lowest BCUT2D eigenvalue weighted by Gasteiger charge is -2.35. The molecule has 0 aliphatic carbocycles. The zero-order valence-corrected chi connectivity index (χ0v) is 11.6. The predicted molar refractivity (Wildman–Crippen MR) is 76.0 cm³/mol. The van der Waals surface area contributed by atoms with E-state index in [0.29, 0.717) is 24.1 Å². The maximum absolute atomic E-state index is 11.3. The summed E-state index contributed by atoms with van der Waals surface area (Å²) in [6, 6.07) is 5.34. The minimum absolute atomic E-state index is 0.258. The van der Waals surface area contributed by atoms with Crippen LogP contribution in [0, 0.1) is 11.8 Å². The molecule has 2 rings (SSSR count). The van der Waals surface area contributed by atoms with Crippen LogP contribution in [0.3, 0.4) is 0 Å². The first kappa shape index (κ1) is 13.9. The van der Waals surface area contributed by atoms with Crippen molar-refractivity contribution >= 4 is 11.7 Å². The summed E-state index contributed by atoms with van der Waals surface area (Å²) in [7, 11) is 0. The third-order valence-corrected chi connectivity index (χ3v) is 3.74. The average molecular weight is 262 g/mol. The van der Waals surface area contributed by atoms with Crippen LogP contribution < -0.4 is 5.73 Å². The van der Waals surface area contributed by atoms with Gasteiger partial charge in [0.15, 0.2) is 0 Å². The molecule has 0 spiro atoms. The van der Waals surface area contributed by atoms with Gasteiger partial charge in [-0.25, -0.2) is 4.79 Å². The van der Waals surface area contributed by atoms with E-state index in [0.717, 1.165) is 18.7 Å². The number of nitrogens with zero attached hydrogens (tertiary/aromatic N) is 1. The number of carboxylic acids is 1. The van der Waals surface area contributed by atoms with Gasteiger partial charge in [-0.05, 0) is 29.9 Å². The van der Waals surface area contributed by atoms with Crippen LogP contribution in [-0.4, -0.2) is 29.1 Å². The fraction of sp³-hybridized carbons (Fsp3) is 0.533. The minimum atomic E-state index is -0.939. The average Bonchev–Trinajstić information content (AvgIpc) is 2.26. The summed E-state index contributed by atoms with van der Waals surface area (Å²) in [6.07, 6.45) is 1.25. The first-order valence-electron chi connectivity index (χ1n) is 6.80. The van der Waals surface area contributed by atoms with Gasteiger partial charge in [-0.3, -0.25) is 4.90 Å². The standard InChI is InChI=1S/C15H22N2O2/c1-10-6-11(2)8-17(7-10)9-12-4-3-5-13(16)14(12)15(18)19/h3-5,10-11H,6-9,16H2,1-2H3,(H,18,19). The quantitative estimate of drug-likeness (QED) is 0.821. The van der Waals surface area contributed by atoms with Gasteiger partial charge in [-0.1, -0.05) is 26.0 Å². The summed E-state index contributed by atoms with van der Waals surface area (Å²) < 4.78 is 0. The number of likely N-dealkylation sites (tertiary alicyclic amines) is 1. The fourth-order valence-corrected chi connectivity index (χ4v) is 3.17. The summed E-state index contributed by atoms with van der Waals surface area (Å²) in [4.78, 5) is 13.6. The number of carboxylic acid groups (broad SMARTS) is 1. The Morgan fingerprint density at radius 1 is 1.37 bits per heavy atom. The Balaban J connectivity index is 2.19. The molecule has 104 valence electrons. The highest BCUT2D eigenvalue weighted by atomic mass is 16.4. The minimum Gasteiger partial charge on any atom is -0.478 e. The van der Waals surface area contributed by atoms with Crippen molar-refractivity contribution in [1.29, 1.82) is 0 Å². The van der Waals surface area contributed by atoms with Gasteiger partial charge in [-0.2, -0.15) is 0 Å². The molecule has 1 aliphatic rings. The molecule has 1 aromatic rings. The Labute approximate surface area is 114 Å². The fourth-order valence-electron chi connectivity index (χ4n) is 3.17. The first-order valence-corrected chi connectivity index (χ1v) is 6.80. The molecule has 1 saturated heterocycles. The Hall–Kier alpha value is -1.55. The van der Waals surface area contributed by atoms with Crippen molar-refractivity contribution in [2.24, 2.45) is 11.8 Å². The molecule has 1 aliphatic heterocycles. The summed E-state index contributed by atoms with van der Waals surface area (Å²) in [5.74, 6) is 0.391. The normalized spacial score (nSPS) is 24.3. The van der Waals surface area contributed by atoms with Crippen LogP contribution in [0.5, 0.6) is 0 Å². The lowest BCUT2D eigenvalue weighted by molar-refractivity contribution is 0.0694. The highest BCUT2D eigenvalue weighted by molar-refractivity contribution is 5.95. The molecule has 4 nitrogen and oxygen atoms in total. The summed E-state index contributed by atoms with van der Waals surface area (Å²) >= 11 is 0. The number of rotatable bonds is 3. The second-order valence-electron chi connectivity index (χ2n) is 5.83. The maximum atomic E-state index is 11.3. The van der Waals surface area contributed by atoms with Gasteiger partial charge in [-0.15, -0.1) is 0 Å². The molecule has 2 unspecified atom stereocenters. The summed E-state index contributed by atoms with van der Waals surface area (Å²) in [5.41, 5.74) is 7.20. The number of nitrogen functional groups attached to an aromatic ring is 1. The van der Waals surface area contributed by atoms with Gasteiger partial charge in [0.05, 0.1) is 5.56 Å². The molecule has 0 saturated carbocycles. The molecule has 1 fully saturated rings. The molecule has 1 heterocycles. The van der Waals surface area contributed by atoms with E-state index >= 15 is 0 Å². The van der Waals surface area contributed by atoms with E-state index in [1.54, 1.807) is 6.07 Å². The molecule has 4 heteroatoms. The summed E-state index contributed by atoms with van der Waals surface area (Å²) in [5, 5.41) is 9.28. The van der Waals surface area contributed by atoms with Crippen LogP contribution in [0.1, 0.15) is 36.2 Å². The Morgan fingerprint density at radius 3 is 2.58 bits per heavy atom. The van der Waals surface area contributed by atoms with E-state index in [4.69, 9.17) is 5.73 Å². The zero-order valence-electron chi connectivity index (χ0n) is 11.6. The molecule has 0 amide bonds. The van der Waals surface area contributed by atoms with Crippen molar-refractivity contribution in [3.63, 3.8) is 0 Å². The van der Waals surface area contributed by atoms with Crippen molar-refractivity contribution in [2.75, 3.05) is 18.8 Å². The van der Waals surface area contributed by atoms with Crippen molar-refractivity contribution in [3.8, 4) is 0 Å². The number of hydrogen-bond donors (Lipinski definition) is 2. The molecule has 3 N–H and O–H groups in total. The van der Waals surface area contributed by atoms with Gasteiger partial charge < -0.3 is 10.8 Å². The van der Waals surface area contributed by atoms with E-state index in [1.165, 1.54) is 6.42 Å². The zero-order chi connectivity index (χ0) is 14.0. The van der Waals surface area contributed by atoms with Crippen molar-refractivity contribution in [2.45, 2.75) is 26.8 Å². The molecule has 19 heavy (non-hydrogen) atoms. The SMILES string of the molecule is CC1CC(C)CN(Cc2cccc(N)c2C(=O)O)C1. The number of nitrogens with two attached hydrogens (primary N) is 1. The van der Waals surface area contributed by atoms with E-state index in [1.807, 2.05) is 12.1 Å². The van der Waals surface area contributed by atoms with Crippen LogP contribution in [-0.2, 0) is 6.54 Å². The van der Waals surface area contributed by atoms with Crippen molar-refractivity contribution < 1.29 is 9.90 Å². The summed E-state index contributed by atoms with van der Waals surface area (Å²) in [6.45, 7) is 7.22. The van der Waals surface area contributed by atoms with E-state index in [2.05, 4.69) is 18.7 Å². The molecule has 0 radical (unpaired) electrons. The van der Waals surface area contributed by atoms with Gasteiger partial charge in [0, 0.05) is 25.3 Å². The van der Waals surface area contributed by atoms with E-state index in [-0.39, 0.29) is 5.56 Å². The van der Waals surface area contributed by atoms with Crippen LogP contribution in [0.15, 0.2) is 18.2 Å². The Morgan fingerprint density at radius 2 is 2.00 bits per heavy atom. The smallest absolute Gasteiger partial charge is 0.338 e. The highest BCUT2D eigenvalue weighted by Gasteiger charge is 2.23.